The second-order valence-electron chi connectivity index (χ2n) is 6.25. The molecule has 138 valence electrons. The lowest BCUT2D eigenvalue weighted by atomic mass is 9.81. The Morgan fingerprint density at radius 2 is 1.77 bits per heavy atom. The molecule has 0 aromatic heterocycles. The molecule has 0 N–H and O–H groups in total. The van der Waals surface area contributed by atoms with E-state index < -0.39 is 21.9 Å². The Hall–Kier alpha value is -1.89. The summed E-state index contributed by atoms with van der Waals surface area (Å²) in [6.45, 7) is 0.440. The average molecular weight is 394 g/mol. The predicted octanol–water partition coefficient (Wildman–Crippen LogP) is 3.31. The van der Waals surface area contributed by atoms with Crippen molar-refractivity contribution in [2.75, 3.05) is 20.2 Å². The van der Waals surface area contributed by atoms with Crippen LogP contribution in [0.15, 0.2) is 59.5 Å². The van der Waals surface area contributed by atoms with Gasteiger partial charge < -0.3 is 4.74 Å². The molecule has 1 aliphatic heterocycles. The fourth-order valence-electron chi connectivity index (χ4n) is 3.38. The molecule has 1 fully saturated rings. The number of hydrogen-bond donors (Lipinski definition) is 0. The number of piperidine rings is 1. The Balaban J connectivity index is 1.89. The van der Waals surface area contributed by atoms with Crippen molar-refractivity contribution in [2.45, 2.75) is 17.2 Å². The lowest BCUT2D eigenvalue weighted by Gasteiger charge is -2.36. The van der Waals surface area contributed by atoms with Crippen molar-refractivity contribution in [3.05, 3.63) is 65.2 Å². The van der Waals surface area contributed by atoms with E-state index in [-0.39, 0.29) is 17.4 Å². The molecule has 2 aromatic rings. The van der Waals surface area contributed by atoms with Gasteiger partial charge in [0.05, 0.1) is 17.9 Å². The van der Waals surface area contributed by atoms with Crippen LogP contribution in [0.4, 0.5) is 0 Å². The van der Waals surface area contributed by atoms with Crippen LogP contribution in [0.5, 0.6) is 0 Å². The number of sulfonamides is 1. The van der Waals surface area contributed by atoms with Crippen molar-refractivity contribution < 1.29 is 17.9 Å². The second kappa shape index (κ2) is 7.78. The molecule has 0 saturated carbocycles. The molecule has 0 radical (unpaired) electrons. The lowest BCUT2D eigenvalue weighted by Crippen LogP contribution is -2.45. The van der Waals surface area contributed by atoms with Gasteiger partial charge in [-0.1, -0.05) is 41.9 Å². The number of benzene rings is 2. The summed E-state index contributed by atoms with van der Waals surface area (Å²) in [5, 5.41) is 0.618. The predicted molar refractivity (Wildman–Crippen MR) is 99.5 cm³/mol. The van der Waals surface area contributed by atoms with Crippen LogP contribution in [0.1, 0.15) is 17.9 Å². The van der Waals surface area contributed by atoms with E-state index in [2.05, 4.69) is 0 Å². The van der Waals surface area contributed by atoms with Gasteiger partial charge in [-0.3, -0.25) is 4.79 Å². The number of hydrogen-bond acceptors (Lipinski definition) is 4. The molecule has 1 heterocycles. The first kappa shape index (κ1) is 18.9. The molecule has 0 aliphatic carbocycles. The molecule has 0 bridgehead atoms. The molecular formula is C19H20ClNO4S. The SMILES string of the molecule is COC(=O)[C@@H]1CN(S(=O)(=O)c2ccccc2)CC[C@@H]1c1ccc(Cl)cc1. The summed E-state index contributed by atoms with van der Waals surface area (Å²) >= 11 is 5.95. The first-order valence-electron chi connectivity index (χ1n) is 8.32. The number of nitrogens with zero attached hydrogens (tertiary/aromatic N) is 1. The molecule has 7 heteroatoms. The number of halogens is 1. The number of methoxy groups -OCH3 is 1. The zero-order chi connectivity index (χ0) is 18.7. The van der Waals surface area contributed by atoms with E-state index in [0.717, 1.165) is 5.56 Å². The minimum absolute atomic E-state index is 0.0944. The Morgan fingerprint density at radius 3 is 2.38 bits per heavy atom. The van der Waals surface area contributed by atoms with Crippen molar-refractivity contribution in [3.8, 4) is 0 Å². The average Bonchev–Trinajstić information content (AvgIpc) is 2.68. The zero-order valence-electron chi connectivity index (χ0n) is 14.3. The summed E-state index contributed by atoms with van der Waals surface area (Å²) in [5.74, 6) is -1.08. The van der Waals surface area contributed by atoms with Crippen molar-refractivity contribution in [3.63, 3.8) is 0 Å². The third-order valence-electron chi connectivity index (χ3n) is 4.76. The Labute approximate surface area is 158 Å². The van der Waals surface area contributed by atoms with Gasteiger partial charge in [-0.15, -0.1) is 0 Å². The monoisotopic (exact) mass is 393 g/mol. The molecule has 0 unspecified atom stereocenters. The molecule has 3 rings (SSSR count). The smallest absolute Gasteiger partial charge is 0.310 e. The van der Waals surface area contributed by atoms with Gasteiger partial charge in [-0.05, 0) is 42.2 Å². The topological polar surface area (TPSA) is 63.7 Å². The summed E-state index contributed by atoms with van der Waals surface area (Å²) in [5.41, 5.74) is 0.960. The normalized spacial score (nSPS) is 21.3. The fourth-order valence-corrected chi connectivity index (χ4v) is 5.01. The highest BCUT2D eigenvalue weighted by molar-refractivity contribution is 7.89. The number of carbonyl (C=O) groups is 1. The van der Waals surface area contributed by atoms with E-state index in [1.807, 2.05) is 12.1 Å². The highest BCUT2D eigenvalue weighted by atomic mass is 35.5. The summed E-state index contributed by atoms with van der Waals surface area (Å²) < 4.78 is 32.1. The third kappa shape index (κ3) is 3.77. The zero-order valence-corrected chi connectivity index (χ0v) is 15.9. The highest BCUT2D eigenvalue weighted by Crippen LogP contribution is 2.36. The number of rotatable bonds is 4. The number of ether oxygens (including phenoxy) is 1. The minimum Gasteiger partial charge on any atom is -0.469 e. The summed E-state index contributed by atoms with van der Waals surface area (Å²) in [4.78, 5) is 12.6. The molecule has 26 heavy (non-hydrogen) atoms. The maximum absolute atomic E-state index is 12.9. The van der Waals surface area contributed by atoms with Crippen LogP contribution in [0.3, 0.4) is 0 Å². The van der Waals surface area contributed by atoms with Crippen LogP contribution in [-0.4, -0.2) is 38.9 Å². The van der Waals surface area contributed by atoms with Crippen molar-refractivity contribution >= 4 is 27.6 Å². The van der Waals surface area contributed by atoms with E-state index >= 15 is 0 Å². The maximum Gasteiger partial charge on any atom is 0.310 e. The van der Waals surface area contributed by atoms with Crippen LogP contribution in [0.25, 0.3) is 0 Å². The molecule has 5 nitrogen and oxygen atoms in total. The molecule has 2 atom stereocenters. The summed E-state index contributed by atoms with van der Waals surface area (Å²) in [6.07, 6.45) is 0.535. The van der Waals surface area contributed by atoms with Crippen LogP contribution >= 0.6 is 11.6 Å². The molecular weight excluding hydrogens is 374 g/mol. The van der Waals surface area contributed by atoms with Gasteiger partial charge in [0.2, 0.25) is 10.0 Å². The molecule has 1 aliphatic rings. The minimum atomic E-state index is -3.64. The molecule has 1 saturated heterocycles. The largest absolute Gasteiger partial charge is 0.469 e. The second-order valence-corrected chi connectivity index (χ2v) is 8.63. The van der Waals surface area contributed by atoms with Gasteiger partial charge in [-0.2, -0.15) is 4.31 Å². The summed E-state index contributed by atoms with van der Waals surface area (Å²) in [6, 6.07) is 15.6. The van der Waals surface area contributed by atoms with Gasteiger partial charge in [0.25, 0.3) is 0 Å². The van der Waals surface area contributed by atoms with Crippen LogP contribution < -0.4 is 0 Å². The Morgan fingerprint density at radius 1 is 1.12 bits per heavy atom. The fraction of sp³-hybridized carbons (Fsp3) is 0.316. The van der Waals surface area contributed by atoms with E-state index in [1.54, 1.807) is 42.5 Å². The lowest BCUT2D eigenvalue weighted by molar-refractivity contribution is -0.147. The van der Waals surface area contributed by atoms with Crippen LogP contribution in [0, 0.1) is 5.92 Å². The highest BCUT2D eigenvalue weighted by Gasteiger charge is 2.40. The molecule has 0 amide bonds. The van der Waals surface area contributed by atoms with Crippen LogP contribution in [-0.2, 0) is 19.6 Å². The number of esters is 1. The Kier molecular flexibility index (Phi) is 5.65. The van der Waals surface area contributed by atoms with Gasteiger partial charge in [0, 0.05) is 18.1 Å². The van der Waals surface area contributed by atoms with E-state index in [9.17, 15) is 13.2 Å². The van der Waals surface area contributed by atoms with Gasteiger partial charge in [0.1, 0.15) is 0 Å². The Bertz CT molecular complexity index is 868. The quantitative estimate of drug-likeness (QED) is 0.747. The maximum atomic E-state index is 12.9. The van der Waals surface area contributed by atoms with Gasteiger partial charge in [0.15, 0.2) is 0 Å². The molecule has 0 spiro atoms. The standard InChI is InChI=1S/C19H20ClNO4S/c1-25-19(22)18-13-21(26(23,24)16-5-3-2-4-6-16)12-11-17(18)14-7-9-15(20)10-8-14/h2-10,17-18H,11-13H2,1H3/t17-,18-/m1/s1. The third-order valence-corrected chi connectivity index (χ3v) is 6.89. The van der Waals surface area contributed by atoms with Crippen LogP contribution in [0.2, 0.25) is 5.02 Å². The van der Waals surface area contributed by atoms with E-state index in [1.165, 1.54) is 11.4 Å². The van der Waals surface area contributed by atoms with Gasteiger partial charge in [-0.25, -0.2) is 8.42 Å². The summed E-state index contributed by atoms with van der Waals surface area (Å²) in [7, 11) is -2.32. The van der Waals surface area contributed by atoms with E-state index in [0.29, 0.717) is 18.0 Å². The van der Waals surface area contributed by atoms with Crippen molar-refractivity contribution in [1.82, 2.24) is 4.31 Å². The molecule has 2 aromatic carbocycles. The van der Waals surface area contributed by atoms with E-state index in [4.69, 9.17) is 16.3 Å². The number of carbonyl (C=O) groups excluding carboxylic acids is 1. The van der Waals surface area contributed by atoms with Crippen molar-refractivity contribution in [2.24, 2.45) is 5.92 Å². The first-order chi connectivity index (χ1) is 12.4. The van der Waals surface area contributed by atoms with Gasteiger partial charge >= 0.3 is 5.97 Å². The first-order valence-corrected chi connectivity index (χ1v) is 10.1. The van der Waals surface area contributed by atoms with Crippen molar-refractivity contribution in [1.29, 1.82) is 0 Å².